The Hall–Kier alpha value is -1.12. The molecule has 5 nitrogen and oxygen atoms in total. The van der Waals surface area contributed by atoms with Gasteiger partial charge in [-0.15, -0.1) is 0 Å². The van der Waals surface area contributed by atoms with Crippen LogP contribution in [0.2, 0.25) is 0 Å². The van der Waals surface area contributed by atoms with E-state index < -0.39 is 9.84 Å². The first-order valence-electron chi connectivity index (χ1n) is 5.07. The smallest absolute Gasteiger partial charge is 0.182 e. The third-order valence-corrected chi connectivity index (χ3v) is 5.36. The number of anilines is 2. The monoisotopic (exact) mass is 303 g/mol. The van der Waals surface area contributed by atoms with Gasteiger partial charge in [-0.1, -0.05) is 0 Å². The van der Waals surface area contributed by atoms with Crippen molar-refractivity contribution in [2.24, 2.45) is 0 Å². The second kappa shape index (κ2) is 4.87. The summed E-state index contributed by atoms with van der Waals surface area (Å²) in [6.07, 6.45) is 1.15. The molecule has 0 saturated carbocycles. The second-order valence-corrected chi connectivity index (χ2v) is 7.45. The van der Waals surface area contributed by atoms with Crippen LogP contribution in [-0.2, 0) is 16.4 Å². The molecule has 18 heavy (non-hydrogen) atoms. The van der Waals surface area contributed by atoms with E-state index in [0.29, 0.717) is 11.5 Å². The molecule has 0 spiro atoms. The standard InChI is InChI=1S/C10H13N3O2S3/c1-13(5-7-3-4-16-6-7)10-8(18(2,14)15)9(11)12-17-10/h3-4,6H,5H2,1-2H3,(H2,11,12). The summed E-state index contributed by atoms with van der Waals surface area (Å²) in [6, 6.07) is 2.01. The van der Waals surface area contributed by atoms with Crippen molar-refractivity contribution in [3.05, 3.63) is 22.4 Å². The van der Waals surface area contributed by atoms with Crippen molar-refractivity contribution in [2.45, 2.75) is 11.4 Å². The Bertz CT molecular complexity index is 631. The Morgan fingerprint density at radius 2 is 2.22 bits per heavy atom. The zero-order valence-electron chi connectivity index (χ0n) is 9.95. The number of hydrogen-bond acceptors (Lipinski definition) is 7. The maximum absolute atomic E-state index is 11.7. The molecule has 8 heteroatoms. The fraction of sp³-hybridized carbons (Fsp3) is 0.300. The molecule has 0 aliphatic heterocycles. The van der Waals surface area contributed by atoms with Gasteiger partial charge in [0.15, 0.2) is 15.7 Å². The topological polar surface area (TPSA) is 76.3 Å². The summed E-state index contributed by atoms with van der Waals surface area (Å²) < 4.78 is 27.3. The second-order valence-electron chi connectivity index (χ2n) is 3.96. The summed E-state index contributed by atoms with van der Waals surface area (Å²) in [4.78, 5) is 1.98. The molecule has 0 saturated heterocycles. The number of nitrogens with two attached hydrogens (primary N) is 1. The van der Waals surface area contributed by atoms with Crippen LogP contribution in [-0.4, -0.2) is 26.1 Å². The summed E-state index contributed by atoms with van der Waals surface area (Å²) in [6.45, 7) is 0.633. The Labute approximate surface area is 114 Å². The third-order valence-electron chi connectivity index (χ3n) is 2.37. The van der Waals surface area contributed by atoms with Gasteiger partial charge in [0, 0.05) is 19.8 Å². The molecule has 0 amide bonds. The molecule has 2 aromatic rings. The number of sulfone groups is 1. The Balaban J connectivity index is 2.34. The minimum Gasteiger partial charge on any atom is -0.382 e. The number of nitrogen functional groups attached to an aromatic ring is 1. The highest BCUT2D eigenvalue weighted by Crippen LogP contribution is 2.34. The summed E-state index contributed by atoms with van der Waals surface area (Å²) >= 11 is 2.72. The fourth-order valence-corrected chi connectivity index (χ4v) is 4.45. The maximum Gasteiger partial charge on any atom is 0.182 e. The van der Waals surface area contributed by atoms with E-state index in [-0.39, 0.29) is 10.7 Å². The predicted octanol–water partition coefficient (Wildman–Crippen LogP) is 1.83. The van der Waals surface area contributed by atoms with Gasteiger partial charge in [0.2, 0.25) is 0 Å². The predicted molar refractivity (Wildman–Crippen MR) is 76.1 cm³/mol. The van der Waals surface area contributed by atoms with Gasteiger partial charge in [-0.2, -0.15) is 15.7 Å². The first-order chi connectivity index (χ1) is 8.39. The Morgan fingerprint density at radius 3 is 2.78 bits per heavy atom. The van der Waals surface area contributed by atoms with Crippen LogP contribution in [0.15, 0.2) is 21.7 Å². The highest BCUT2D eigenvalue weighted by molar-refractivity contribution is 7.91. The SMILES string of the molecule is CN(Cc1ccsc1)c1snc(N)c1S(C)(=O)=O. The Morgan fingerprint density at radius 1 is 1.50 bits per heavy atom. The first kappa shape index (κ1) is 13.3. The third kappa shape index (κ3) is 2.65. The molecule has 2 aromatic heterocycles. The van der Waals surface area contributed by atoms with Crippen LogP contribution in [0, 0.1) is 0 Å². The van der Waals surface area contributed by atoms with Crippen LogP contribution >= 0.6 is 22.9 Å². The molecule has 2 heterocycles. The molecule has 98 valence electrons. The number of thiophene rings is 1. The van der Waals surface area contributed by atoms with E-state index in [2.05, 4.69) is 4.37 Å². The highest BCUT2D eigenvalue weighted by atomic mass is 32.2. The molecule has 2 N–H and O–H groups in total. The highest BCUT2D eigenvalue weighted by Gasteiger charge is 2.23. The fourth-order valence-electron chi connectivity index (χ4n) is 1.60. The molecule has 0 aromatic carbocycles. The number of nitrogens with zero attached hydrogens (tertiary/aromatic N) is 2. The lowest BCUT2D eigenvalue weighted by Crippen LogP contribution is -2.17. The Kier molecular flexibility index (Phi) is 3.60. The number of aromatic nitrogens is 1. The van der Waals surface area contributed by atoms with E-state index in [0.717, 1.165) is 23.4 Å². The summed E-state index contributed by atoms with van der Waals surface area (Å²) in [5, 5.41) is 4.60. The number of rotatable bonds is 4. The van der Waals surface area contributed by atoms with Gasteiger partial charge in [0.05, 0.1) is 0 Å². The quantitative estimate of drug-likeness (QED) is 0.932. The molecule has 0 atom stereocenters. The van der Waals surface area contributed by atoms with E-state index in [1.807, 2.05) is 28.8 Å². The summed E-state index contributed by atoms with van der Waals surface area (Å²) in [5.41, 5.74) is 6.77. The van der Waals surface area contributed by atoms with E-state index in [1.54, 1.807) is 11.3 Å². The lowest BCUT2D eigenvalue weighted by molar-refractivity contribution is 0.602. The minimum absolute atomic E-state index is 0.0784. The molecule has 2 rings (SSSR count). The number of hydrogen-bond donors (Lipinski definition) is 1. The molecule has 0 bridgehead atoms. The van der Waals surface area contributed by atoms with Crippen LogP contribution in [0.25, 0.3) is 0 Å². The largest absolute Gasteiger partial charge is 0.382 e. The lowest BCUT2D eigenvalue weighted by atomic mass is 10.3. The van der Waals surface area contributed by atoms with Crippen LogP contribution < -0.4 is 10.6 Å². The first-order valence-corrected chi connectivity index (χ1v) is 8.67. The maximum atomic E-state index is 11.7. The van der Waals surface area contributed by atoms with Crippen molar-refractivity contribution >= 4 is 43.5 Å². The average Bonchev–Trinajstić information content (AvgIpc) is 2.85. The van der Waals surface area contributed by atoms with Gasteiger partial charge in [-0.25, -0.2) is 8.42 Å². The van der Waals surface area contributed by atoms with Crippen LogP contribution in [0.3, 0.4) is 0 Å². The molecular weight excluding hydrogens is 290 g/mol. The molecule has 0 aliphatic rings. The van der Waals surface area contributed by atoms with Crippen molar-refractivity contribution in [2.75, 3.05) is 23.9 Å². The minimum atomic E-state index is -3.36. The van der Waals surface area contributed by atoms with Gasteiger partial charge in [-0.3, -0.25) is 0 Å². The van der Waals surface area contributed by atoms with Gasteiger partial charge in [0.25, 0.3) is 0 Å². The van der Waals surface area contributed by atoms with Crippen molar-refractivity contribution in [3.63, 3.8) is 0 Å². The van der Waals surface area contributed by atoms with Gasteiger partial charge >= 0.3 is 0 Å². The van der Waals surface area contributed by atoms with Crippen molar-refractivity contribution in [3.8, 4) is 0 Å². The van der Waals surface area contributed by atoms with Gasteiger partial charge in [0.1, 0.15) is 9.90 Å². The lowest BCUT2D eigenvalue weighted by Gasteiger charge is -2.17. The van der Waals surface area contributed by atoms with Crippen molar-refractivity contribution in [1.82, 2.24) is 4.37 Å². The van der Waals surface area contributed by atoms with E-state index in [4.69, 9.17) is 5.73 Å². The van der Waals surface area contributed by atoms with Crippen LogP contribution in [0.5, 0.6) is 0 Å². The van der Waals surface area contributed by atoms with Crippen molar-refractivity contribution in [1.29, 1.82) is 0 Å². The normalized spacial score (nSPS) is 11.7. The van der Waals surface area contributed by atoms with E-state index >= 15 is 0 Å². The summed E-state index contributed by atoms with van der Waals surface area (Å²) in [7, 11) is -1.53. The summed E-state index contributed by atoms with van der Waals surface area (Å²) in [5.74, 6) is 0.0784. The van der Waals surface area contributed by atoms with Crippen LogP contribution in [0.1, 0.15) is 5.56 Å². The van der Waals surface area contributed by atoms with Gasteiger partial charge < -0.3 is 10.6 Å². The molecule has 0 aliphatic carbocycles. The molecule has 0 radical (unpaired) electrons. The van der Waals surface area contributed by atoms with E-state index in [9.17, 15) is 8.42 Å². The zero-order valence-corrected chi connectivity index (χ0v) is 12.4. The van der Waals surface area contributed by atoms with E-state index in [1.165, 1.54) is 0 Å². The molecular formula is C10H13N3O2S3. The van der Waals surface area contributed by atoms with Crippen LogP contribution in [0.4, 0.5) is 10.8 Å². The van der Waals surface area contributed by atoms with Crippen molar-refractivity contribution < 1.29 is 8.42 Å². The zero-order chi connectivity index (χ0) is 13.3. The average molecular weight is 303 g/mol. The molecule has 0 unspecified atom stereocenters. The molecule has 0 fully saturated rings. The van der Waals surface area contributed by atoms with Gasteiger partial charge in [-0.05, 0) is 33.9 Å².